The second kappa shape index (κ2) is 6.96. The quantitative estimate of drug-likeness (QED) is 0.710. The van der Waals surface area contributed by atoms with E-state index in [2.05, 4.69) is 0 Å². The lowest BCUT2D eigenvalue weighted by molar-refractivity contribution is 0.102. The maximum Gasteiger partial charge on any atom is 0.175 e. The predicted molar refractivity (Wildman–Crippen MR) is 77.7 cm³/mol. The molecule has 1 aromatic rings. The standard InChI is InChI=1S/C13H18O4S2/c1-3-11-4-6-12(7-5-11)13(14)10-18(15)8-9-19(2,16)17/h4-7H,3,8-10H2,1-2H3. The first-order valence-corrected chi connectivity index (χ1v) is 9.51. The second-order valence-electron chi connectivity index (χ2n) is 4.39. The van der Waals surface area contributed by atoms with E-state index < -0.39 is 20.6 Å². The third-order valence-electron chi connectivity index (χ3n) is 2.66. The van der Waals surface area contributed by atoms with Crippen LogP contribution in [0.5, 0.6) is 0 Å². The second-order valence-corrected chi connectivity index (χ2v) is 8.23. The summed E-state index contributed by atoms with van der Waals surface area (Å²) in [6.07, 6.45) is 1.99. The molecule has 1 atom stereocenters. The lowest BCUT2D eigenvalue weighted by atomic mass is 10.1. The molecule has 0 amide bonds. The smallest absolute Gasteiger partial charge is 0.175 e. The number of benzene rings is 1. The van der Waals surface area contributed by atoms with Gasteiger partial charge in [0, 0.05) is 28.4 Å². The topological polar surface area (TPSA) is 68.3 Å². The Bertz CT molecular complexity index is 559. The van der Waals surface area contributed by atoms with E-state index in [4.69, 9.17) is 0 Å². The molecule has 0 aliphatic carbocycles. The molecule has 19 heavy (non-hydrogen) atoms. The number of Topliss-reactive ketones (excluding diaryl/α,β-unsaturated/α-hetero) is 1. The minimum atomic E-state index is -3.13. The zero-order valence-corrected chi connectivity index (χ0v) is 12.7. The van der Waals surface area contributed by atoms with Gasteiger partial charge in [-0.15, -0.1) is 0 Å². The van der Waals surface area contributed by atoms with Gasteiger partial charge in [-0.3, -0.25) is 9.00 Å². The molecule has 0 fully saturated rings. The maximum atomic E-state index is 11.8. The molecule has 1 unspecified atom stereocenters. The van der Waals surface area contributed by atoms with Crippen LogP contribution in [-0.2, 0) is 27.1 Å². The largest absolute Gasteiger partial charge is 0.293 e. The van der Waals surface area contributed by atoms with Crippen molar-refractivity contribution in [3.05, 3.63) is 35.4 Å². The van der Waals surface area contributed by atoms with Crippen LogP contribution in [0.2, 0.25) is 0 Å². The summed E-state index contributed by atoms with van der Waals surface area (Å²) in [5.74, 6) is -0.477. The highest BCUT2D eigenvalue weighted by atomic mass is 32.2. The van der Waals surface area contributed by atoms with Gasteiger partial charge in [0.25, 0.3) is 0 Å². The molecular weight excluding hydrogens is 284 g/mol. The SMILES string of the molecule is CCc1ccc(C(=O)CS(=O)CCS(C)(=O)=O)cc1. The molecule has 1 aromatic carbocycles. The van der Waals surface area contributed by atoms with E-state index in [1.165, 1.54) is 0 Å². The minimum absolute atomic E-state index is 0.0115. The summed E-state index contributed by atoms with van der Waals surface area (Å²) in [6, 6.07) is 7.17. The van der Waals surface area contributed by atoms with Crippen molar-refractivity contribution >= 4 is 26.4 Å². The van der Waals surface area contributed by atoms with Gasteiger partial charge < -0.3 is 0 Å². The van der Waals surface area contributed by atoms with E-state index in [1.807, 2.05) is 19.1 Å². The fraction of sp³-hybridized carbons (Fsp3) is 0.462. The molecule has 0 radical (unpaired) electrons. The first-order valence-electron chi connectivity index (χ1n) is 5.96. The lowest BCUT2D eigenvalue weighted by Gasteiger charge is -2.03. The van der Waals surface area contributed by atoms with E-state index in [0.29, 0.717) is 5.56 Å². The van der Waals surface area contributed by atoms with Crippen molar-refractivity contribution in [2.45, 2.75) is 13.3 Å². The van der Waals surface area contributed by atoms with E-state index in [1.54, 1.807) is 12.1 Å². The van der Waals surface area contributed by atoms with Crippen LogP contribution in [-0.4, -0.2) is 41.9 Å². The van der Waals surface area contributed by atoms with Gasteiger partial charge in [-0.05, 0) is 12.0 Å². The number of aryl methyl sites for hydroxylation is 1. The highest BCUT2D eigenvalue weighted by Gasteiger charge is 2.12. The molecule has 0 saturated carbocycles. The molecule has 0 aliphatic rings. The van der Waals surface area contributed by atoms with Gasteiger partial charge in [0.05, 0.1) is 11.5 Å². The molecule has 0 spiro atoms. The number of hydrogen-bond donors (Lipinski definition) is 0. The average molecular weight is 302 g/mol. The van der Waals surface area contributed by atoms with Crippen LogP contribution < -0.4 is 0 Å². The number of carbonyl (C=O) groups is 1. The Morgan fingerprint density at radius 2 is 1.79 bits per heavy atom. The van der Waals surface area contributed by atoms with Gasteiger partial charge in [0.15, 0.2) is 5.78 Å². The maximum absolute atomic E-state index is 11.8. The van der Waals surface area contributed by atoms with Gasteiger partial charge in [0.2, 0.25) is 0 Å². The van der Waals surface area contributed by atoms with Crippen molar-refractivity contribution in [2.24, 2.45) is 0 Å². The van der Waals surface area contributed by atoms with Gasteiger partial charge >= 0.3 is 0 Å². The molecule has 106 valence electrons. The minimum Gasteiger partial charge on any atom is -0.293 e. The predicted octanol–water partition coefficient (Wildman–Crippen LogP) is 1.22. The van der Waals surface area contributed by atoms with Crippen molar-refractivity contribution < 1.29 is 17.4 Å². The van der Waals surface area contributed by atoms with E-state index >= 15 is 0 Å². The Labute approximate surface area is 116 Å². The first kappa shape index (κ1) is 16.0. The summed E-state index contributed by atoms with van der Waals surface area (Å²) in [7, 11) is -4.57. The Morgan fingerprint density at radius 1 is 1.21 bits per heavy atom. The summed E-state index contributed by atoms with van der Waals surface area (Å²) in [5, 5.41) is 0. The summed E-state index contributed by atoms with van der Waals surface area (Å²) >= 11 is 0. The molecule has 6 heteroatoms. The van der Waals surface area contributed by atoms with Crippen LogP contribution in [0.4, 0.5) is 0 Å². The summed E-state index contributed by atoms with van der Waals surface area (Å²) < 4.78 is 33.5. The van der Waals surface area contributed by atoms with Crippen LogP contribution >= 0.6 is 0 Å². The number of sulfone groups is 1. The van der Waals surface area contributed by atoms with Gasteiger partial charge in [-0.2, -0.15) is 0 Å². The monoisotopic (exact) mass is 302 g/mol. The van der Waals surface area contributed by atoms with Crippen LogP contribution in [0, 0.1) is 0 Å². The first-order chi connectivity index (χ1) is 8.81. The molecule has 0 N–H and O–H groups in total. The third-order valence-corrected chi connectivity index (χ3v) is 5.11. The van der Waals surface area contributed by atoms with E-state index in [9.17, 15) is 17.4 Å². The fourth-order valence-corrected chi connectivity index (χ4v) is 4.03. The Balaban J connectivity index is 2.56. The summed E-state index contributed by atoms with van der Waals surface area (Å²) in [6.45, 7) is 2.02. The van der Waals surface area contributed by atoms with Crippen LogP contribution in [0.25, 0.3) is 0 Å². The Morgan fingerprint density at radius 3 is 2.26 bits per heavy atom. The highest BCUT2D eigenvalue weighted by Crippen LogP contribution is 2.06. The van der Waals surface area contributed by atoms with Crippen LogP contribution in [0.1, 0.15) is 22.8 Å². The average Bonchev–Trinajstić information content (AvgIpc) is 2.35. The molecular formula is C13H18O4S2. The van der Waals surface area contributed by atoms with Gasteiger partial charge in [-0.1, -0.05) is 31.2 Å². The van der Waals surface area contributed by atoms with Crippen molar-refractivity contribution in [3.8, 4) is 0 Å². The molecule has 1 rings (SSSR count). The summed E-state index contributed by atoms with van der Waals surface area (Å²) in [5.41, 5.74) is 1.65. The van der Waals surface area contributed by atoms with Crippen LogP contribution in [0.3, 0.4) is 0 Å². The normalized spacial score (nSPS) is 13.2. The Kier molecular flexibility index (Phi) is 5.87. The number of ketones is 1. The number of hydrogen-bond acceptors (Lipinski definition) is 4. The van der Waals surface area contributed by atoms with Crippen molar-refractivity contribution in [1.82, 2.24) is 0 Å². The van der Waals surface area contributed by atoms with E-state index in [-0.39, 0.29) is 23.0 Å². The number of carbonyl (C=O) groups excluding carboxylic acids is 1. The van der Waals surface area contributed by atoms with Crippen LogP contribution in [0.15, 0.2) is 24.3 Å². The fourth-order valence-electron chi connectivity index (χ4n) is 1.47. The van der Waals surface area contributed by atoms with Crippen molar-refractivity contribution in [2.75, 3.05) is 23.5 Å². The lowest BCUT2D eigenvalue weighted by Crippen LogP contribution is -2.18. The Hall–Kier alpha value is -1.01. The van der Waals surface area contributed by atoms with Gasteiger partial charge in [-0.25, -0.2) is 8.42 Å². The molecule has 0 saturated heterocycles. The summed E-state index contributed by atoms with van der Waals surface area (Å²) in [4.78, 5) is 11.8. The zero-order valence-electron chi connectivity index (χ0n) is 11.1. The van der Waals surface area contributed by atoms with E-state index in [0.717, 1.165) is 18.2 Å². The van der Waals surface area contributed by atoms with Crippen molar-refractivity contribution in [3.63, 3.8) is 0 Å². The van der Waals surface area contributed by atoms with Gasteiger partial charge in [0.1, 0.15) is 9.84 Å². The zero-order chi connectivity index (χ0) is 14.5. The molecule has 4 nitrogen and oxygen atoms in total. The molecule has 0 bridgehead atoms. The molecule has 0 aromatic heterocycles. The number of rotatable bonds is 7. The van der Waals surface area contributed by atoms with Crippen molar-refractivity contribution in [1.29, 1.82) is 0 Å². The third kappa shape index (κ3) is 6.11. The molecule has 0 aliphatic heterocycles. The molecule has 0 heterocycles. The highest BCUT2D eigenvalue weighted by molar-refractivity contribution is 7.92.